The maximum atomic E-state index is 14.5. The van der Waals surface area contributed by atoms with Crippen molar-refractivity contribution >= 4 is 35.3 Å². The summed E-state index contributed by atoms with van der Waals surface area (Å²) in [7, 11) is 0. The molecule has 0 fully saturated rings. The van der Waals surface area contributed by atoms with Crippen molar-refractivity contribution in [3.05, 3.63) is 233 Å². The van der Waals surface area contributed by atoms with Gasteiger partial charge in [-0.25, -0.2) is 8.78 Å². The Hall–Kier alpha value is -7.92. The number of carbonyl (C=O) groups excluding carboxylic acids is 2. The number of hydrogen-bond acceptors (Lipinski definition) is 10. The number of alkyl halides is 6. The molecule has 2 heterocycles. The minimum Gasteiger partial charge on any atom is -0.336 e. The van der Waals surface area contributed by atoms with E-state index in [0.29, 0.717) is 98.2 Å². The van der Waals surface area contributed by atoms with Crippen LogP contribution in [-0.4, -0.2) is 103 Å². The number of amides is 2. The molecule has 96 heavy (non-hydrogen) atoms. The average Bonchev–Trinajstić information content (AvgIpc) is 1.52. The number of hydrogen-bond donors (Lipinski definition) is 0. The highest BCUT2D eigenvalue weighted by molar-refractivity contribution is 7.98. The fourth-order valence-electron chi connectivity index (χ4n) is 10.5. The zero-order valence-corrected chi connectivity index (χ0v) is 54.8. The molecular weight excluding hydrogens is 1280 g/mol. The molecule has 1 atom stereocenters. The van der Waals surface area contributed by atoms with E-state index in [9.17, 15) is 54.3 Å². The summed E-state index contributed by atoms with van der Waals surface area (Å²) in [5, 5.41) is -0.307. The Morgan fingerprint density at radius 1 is 0.562 bits per heavy atom. The van der Waals surface area contributed by atoms with Gasteiger partial charge < -0.3 is 28.7 Å². The van der Waals surface area contributed by atoms with Gasteiger partial charge >= 0.3 is 12.4 Å². The van der Waals surface area contributed by atoms with Crippen LogP contribution < -0.4 is 11.1 Å². The van der Waals surface area contributed by atoms with Crippen molar-refractivity contribution in [1.29, 1.82) is 0 Å². The Balaban J connectivity index is 0.000000265. The van der Waals surface area contributed by atoms with E-state index in [1.54, 1.807) is 24.3 Å². The third-order valence-electron chi connectivity index (χ3n) is 15.8. The predicted octanol–water partition coefficient (Wildman–Crippen LogP) is 15.0. The van der Waals surface area contributed by atoms with Crippen LogP contribution in [-0.2, 0) is 85.2 Å². The Morgan fingerprint density at radius 2 is 1.02 bits per heavy atom. The molecule has 508 valence electrons. The molecule has 0 N–H and O–H groups in total. The number of halogens is 8. The predicted molar refractivity (Wildman–Crippen MR) is 362 cm³/mol. The first-order valence-corrected chi connectivity index (χ1v) is 32.6. The highest BCUT2D eigenvalue weighted by Crippen LogP contribution is 2.36. The second kappa shape index (κ2) is 32.9. The van der Waals surface area contributed by atoms with Crippen LogP contribution in [0.3, 0.4) is 0 Å². The lowest BCUT2D eigenvalue weighted by Crippen LogP contribution is -2.40. The van der Waals surface area contributed by atoms with Crippen LogP contribution in [0.2, 0.25) is 0 Å². The van der Waals surface area contributed by atoms with E-state index in [2.05, 4.69) is 14.9 Å². The zero-order chi connectivity index (χ0) is 86.4. The van der Waals surface area contributed by atoms with Crippen molar-refractivity contribution in [2.24, 2.45) is 5.89 Å². The summed E-state index contributed by atoms with van der Waals surface area (Å²) in [6.45, 7) is 11.7. The molecule has 6 aromatic carbocycles. The van der Waals surface area contributed by atoms with Gasteiger partial charge in [-0.15, -0.1) is 0 Å². The van der Waals surface area contributed by atoms with Crippen molar-refractivity contribution in [3.63, 3.8) is 0 Å². The summed E-state index contributed by atoms with van der Waals surface area (Å²) in [4.78, 5) is 70.6. The molecule has 0 aliphatic heterocycles. The van der Waals surface area contributed by atoms with Crippen LogP contribution in [0.25, 0.3) is 22.3 Å². The Kier molecular flexibility index (Phi) is 17.0. The van der Waals surface area contributed by atoms with E-state index < -0.39 is 221 Å². The van der Waals surface area contributed by atoms with Gasteiger partial charge in [-0.2, -0.15) is 36.3 Å². The molecule has 10 rings (SSSR count). The van der Waals surface area contributed by atoms with Crippen molar-refractivity contribution < 1.29 is 72.1 Å². The lowest BCUT2D eigenvalue weighted by molar-refractivity contribution is -0.138. The number of carbonyl (C=O) groups is 2. The minimum absolute atomic E-state index is 0.0168. The molecule has 0 spiro atoms. The molecule has 2 aliphatic carbocycles. The van der Waals surface area contributed by atoms with Gasteiger partial charge in [0, 0.05) is 80.1 Å². The van der Waals surface area contributed by atoms with E-state index >= 15 is 0 Å². The first-order chi connectivity index (χ1) is 54.1. The third kappa shape index (κ3) is 19.0. The van der Waals surface area contributed by atoms with Crippen LogP contribution in [0.1, 0.15) is 130 Å². The van der Waals surface area contributed by atoms with Gasteiger partial charge in [-0.3, -0.25) is 19.2 Å². The third-order valence-corrected chi connectivity index (χ3v) is 17.8. The minimum atomic E-state index is -5.14. The molecule has 2 aliphatic rings. The number of fused-ring (bicyclic) bond motifs is 2. The number of thioether (sulfide) groups is 2. The maximum Gasteiger partial charge on any atom is 0.416 e. The second-order valence-corrected chi connectivity index (χ2v) is 24.1. The van der Waals surface area contributed by atoms with Crippen molar-refractivity contribution in [2.45, 2.75) is 134 Å². The summed E-state index contributed by atoms with van der Waals surface area (Å²) in [5.74, 6) is -7.12. The van der Waals surface area contributed by atoms with Gasteiger partial charge in [0.25, 0.3) is 11.1 Å². The first-order valence-electron chi connectivity index (χ1n) is 40.6. The Labute approximate surface area is 591 Å². The van der Waals surface area contributed by atoms with Gasteiger partial charge in [0.05, 0.1) is 31.7 Å². The largest absolute Gasteiger partial charge is 0.416 e. The lowest BCUT2D eigenvalue weighted by Gasteiger charge is -2.28. The monoisotopic (exact) mass is 1380 g/mol. The first kappa shape index (κ1) is 49.6. The second-order valence-electron chi connectivity index (χ2n) is 22.2. The van der Waals surface area contributed by atoms with E-state index in [-0.39, 0.29) is 52.4 Å². The quantitative estimate of drug-likeness (QED) is 0.0295. The standard InChI is InChI=1S/2C37H40F4N4O2S/c1-4-43(5-2)18-19-44(22-26-6-10-28(11-7-26)29-12-14-30(15-13-29)37(39,40)41)34(46)23-45-33-21-25(3)20-32(33)35(47)42-36(45)48-24-27-8-16-31(38)17-9-27;1-4-43(5-2)19-20-44(22-26-9-13-28(14-10-26)31-18-15-29(21-25(31)3)37(39,40)41)34(46)23-45-33-8-6-7-32(33)35(47)42-36(45)48-24-27-11-16-30(38)17-12-27/h6-17,25H,4-5,18-24H2,1-3H3;9-18,21H,4-8,19-20,22-24H2,1-3H3/i8D,9D,16D,17D,20D2,21D2,25D;9D,10D,11D,12D,13D,14D,15D,16D,17D,18D,21D. The number of likely N-dealkylation sites (N-methyl/N-ethyl adjacent to an activating group) is 2. The average molecular weight is 1380 g/mol. The fraction of sp³-hybridized carbons (Fsp3) is 0.378. The van der Waals surface area contributed by atoms with E-state index in [0.717, 1.165) is 42.3 Å². The molecular formula is C74H80F8N8O4S2. The van der Waals surface area contributed by atoms with E-state index in [1.165, 1.54) is 26.5 Å². The smallest absolute Gasteiger partial charge is 0.336 e. The van der Waals surface area contributed by atoms with E-state index in [1.807, 2.05) is 32.6 Å². The molecule has 12 nitrogen and oxygen atoms in total. The summed E-state index contributed by atoms with van der Waals surface area (Å²) in [5.41, 5.74) is -4.99. The van der Waals surface area contributed by atoms with E-state index in [4.69, 9.17) is 27.4 Å². The SMILES string of the molecule is [2H]c1c([2H])c(CSc2nc(=O)c3c(n2CC(=O)N(CCN(CC)CC)Cc2c([2H])c([2H])c(-c4c([2H])c([2H])c(C(F)(F)F)c([2H])c4C)c([2H])c2[2H])CCC3)c([2H])c([2H])c1F.[2H]c1c([2H])c(CSc2nc(=O)c3c(n2CC(=O)N(CCN(CC)CC)Cc2ccc(-c4ccc(C(F)(F)F)cc4)cc2)C([2H])([2H])C([2H])(C)C3([2H])[2H])c([2H])c([2H])c1F. The summed E-state index contributed by atoms with van der Waals surface area (Å²) >= 11 is 1.51. The molecule has 1 unspecified atom stereocenters. The molecule has 22 heteroatoms. The van der Waals surface area contributed by atoms with Crippen LogP contribution in [0.4, 0.5) is 35.1 Å². The topological polar surface area (TPSA) is 117 Å². The lowest BCUT2D eigenvalue weighted by atomic mass is 9.97. The molecule has 8 aromatic rings. The summed E-state index contributed by atoms with van der Waals surface area (Å²) < 4.78 is 280. The molecule has 0 radical (unpaired) electrons. The molecule has 0 saturated carbocycles. The van der Waals surface area contributed by atoms with Gasteiger partial charge in [-0.1, -0.05) is 149 Å². The van der Waals surface area contributed by atoms with Crippen LogP contribution in [0, 0.1) is 24.5 Å². The van der Waals surface area contributed by atoms with Gasteiger partial charge in [0.2, 0.25) is 11.8 Å². The van der Waals surface area contributed by atoms with Gasteiger partial charge in [0.15, 0.2) is 10.3 Å². The van der Waals surface area contributed by atoms with Gasteiger partial charge in [-0.05, 0) is 169 Å². The van der Waals surface area contributed by atoms with Crippen molar-refractivity contribution in [2.75, 3.05) is 52.4 Å². The normalized spacial score (nSPS) is 18.4. The summed E-state index contributed by atoms with van der Waals surface area (Å²) in [6, 6.07) is -0.966. The number of benzene rings is 6. The van der Waals surface area contributed by atoms with Crippen LogP contribution in [0.15, 0.2) is 159 Å². The van der Waals surface area contributed by atoms with Crippen LogP contribution in [0.5, 0.6) is 0 Å². The number of rotatable bonds is 26. The molecule has 2 amide bonds. The molecule has 0 bridgehead atoms. The number of aromatic nitrogens is 4. The zero-order valence-electron chi connectivity index (χ0n) is 73.2. The Morgan fingerprint density at radius 3 is 1.51 bits per heavy atom. The molecule has 2 aromatic heterocycles. The van der Waals surface area contributed by atoms with Crippen molar-refractivity contribution in [1.82, 2.24) is 38.7 Å². The number of nitrogens with zero attached hydrogens (tertiary/aromatic N) is 8. The molecule has 0 saturated heterocycles. The van der Waals surface area contributed by atoms with Gasteiger partial charge in [0.1, 0.15) is 24.7 Å². The fourth-order valence-corrected chi connectivity index (χ4v) is 12.3. The van der Waals surface area contributed by atoms with Crippen molar-refractivity contribution in [3.8, 4) is 22.3 Å². The summed E-state index contributed by atoms with van der Waals surface area (Å²) in [6.07, 6.45) is -14.0. The maximum absolute atomic E-state index is 14.5. The van der Waals surface area contributed by atoms with Crippen LogP contribution >= 0.6 is 23.5 Å². The highest BCUT2D eigenvalue weighted by Gasteiger charge is 2.33. The highest BCUT2D eigenvalue weighted by atomic mass is 32.2. The Bertz CT molecular complexity index is 5160.